The Hall–Kier alpha value is -2.48. The summed E-state index contributed by atoms with van der Waals surface area (Å²) in [5.74, 6) is 1.59. The molecule has 1 fully saturated rings. The molecule has 0 bridgehead atoms. The third-order valence-electron chi connectivity index (χ3n) is 3.68. The highest BCUT2D eigenvalue weighted by molar-refractivity contribution is 6.30. The van der Waals surface area contributed by atoms with Gasteiger partial charge in [-0.25, -0.2) is 0 Å². The van der Waals surface area contributed by atoms with Crippen molar-refractivity contribution in [1.29, 1.82) is 0 Å². The van der Waals surface area contributed by atoms with Gasteiger partial charge in [0.2, 0.25) is 5.82 Å². The van der Waals surface area contributed by atoms with Crippen LogP contribution in [0.1, 0.15) is 18.7 Å². The third kappa shape index (κ3) is 3.02. The maximum atomic E-state index is 5.87. The molecule has 0 spiro atoms. The molecule has 1 saturated heterocycles. The summed E-state index contributed by atoms with van der Waals surface area (Å²) in [5, 5.41) is 17.1. The molecule has 0 atom stereocenters. The van der Waals surface area contributed by atoms with Crippen LogP contribution in [0.2, 0.25) is 5.02 Å². The minimum atomic E-state index is 0.293. The van der Waals surface area contributed by atoms with Crippen LogP contribution in [-0.2, 0) is 6.54 Å². The zero-order chi connectivity index (χ0) is 15.6. The Balaban J connectivity index is 1.48. The average Bonchev–Trinajstić information content (AvgIpc) is 3.29. The molecule has 9 heteroatoms. The van der Waals surface area contributed by atoms with Crippen LogP contribution in [0.3, 0.4) is 0 Å². The van der Waals surface area contributed by atoms with Crippen LogP contribution in [0.4, 0.5) is 5.95 Å². The van der Waals surface area contributed by atoms with Crippen molar-refractivity contribution in [3.05, 3.63) is 35.2 Å². The number of aromatic nitrogens is 6. The maximum absolute atomic E-state index is 5.87. The molecule has 0 radical (unpaired) electrons. The van der Waals surface area contributed by atoms with Gasteiger partial charge in [-0.05, 0) is 42.3 Å². The number of nitrogens with zero attached hydrogens (tertiary/aromatic N) is 7. The fraction of sp³-hybridized carbons (Fsp3) is 0.357. The van der Waals surface area contributed by atoms with E-state index in [1.165, 1.54) is 17.6 Å². The van der Waals surface area contributed by atoms with Crippen LogP contribution in [-0.4, -0.2) is 43.4 Å². The highest BCUT2D eigenvalue weighted by Gasteiger charge is 2.18. The van der Waals surface area contributed by atoms with Crippen LogP contribution in [0, 0.1) is 0 Å². The third-order valence-corrected chi connectivity index (χ3v) is 3.93. The van der Waals surface area contributed by atoms with E-state index in [2.05, 4.69) is 30.5 Å². The fourth-order valence-corrected chi connectivity index (χ4v) is 2.63. The van der Waals surface area contributed by atoms with Gasteiger partial charge in [0.1, 0.15) is 6.54 Å². The molecule has 4 rings (SSSR count). The first-order valence-corrected chi connectivity index (χ1v) is 7.77. The second-order valence-corrected chi connectivity index (χ2v) is 5.77. The lowest BCUT2D eigenvalue weighted by atomic mass is 10.2. The minimum Gasteiger partial charge on any atom is -0.338 e. The van der Waals surface area contributed by atoms with Crippen molar-refractivity contribution in [2.45, 2.75) is 19.4 Å². The summed E-state index contributed by atoms with van der Waals surface area (Å²) in [6.07, 6.45) is 2.34. The van der Waals surface area contributed by atoms with E-state index in [1.54, 1.807) is 12.1 Å². The first-order valence-electron chi connectivity index (χ1n) is 7.39. The molecule has 1 aliphatic heterocycles. The fourth-order valence-electron chi connectivity index (χ4n) is 2.50. The summed E-state index contributed by atoms with van der Waals surface area (Å²) in [5.41, 5.74) is 0.841. The van der Waals surface area contributed by atoms with Gasteiger partial charge in [0.15, 0.2) is 0 Å². The number of benzene rings is 1. The van der Waals surface area contributed by atoms with Gasteiger partial charge in [-0.15, -0.1) is 5.10 Å². The Morgan fingerprint density at radius 1 is 1.13 bits per heavy atom. The number of tetrazole rings is 1. The first-order chi connectivity index (χ1) is 11.3. The van der Waals surface area contributed by atoms with Gasteiger partial charge in [0, 0.05) is 23.7 Å². The lowest BCUT2D eigenvalue weighted by Crippen LogP contribution is -2.19. The number of halogens is 1. The van der Waals surface area contributed by atoms with Crippen molar-refractivity contribution in [1.82, 2.24) is 30.3 Å². The normalized spacial score (nSPS) is 14.6. The summed E-state index contributed by atoms with van der Waals surface area (Å²) in [6.45, 7) is 2.25. The highest BCUT2D eigenvalue weighted by Crippen LogP contribution is 2.19. The summed E-state index contributed by atoms with van der Waals surface area (Å²) in [7, 11) is 0. The zero-order valence-electron chi connectivity index (χ0n) is 12.3. The molecule has 0 aliphatic carbocycles. The van der Waals surface area contributed by atoms with E-state index in [9.17, 15) is 0 Å². The number of rotatable bonds is 4. The molecule has 8 nitrogen and oxygen atoms in total. The SMILES string of the molecule is Clc1ccc(-c2noc(Cn3nnc(N4CCCC4)n3)n2)cc1. The van der Waals surface area contributed by atoms with Crippen molar-refractivity contribution >= 4 is 17.5 Å². The molecule has 1 aliphatic rings. The Labute approximate surface area is 137 Å². The Bertz CT molecular complexity index is 792. The summed E-state index contributed by atoms with van der Waals surface area (Å²) >= 11 is 5.87. The van der Waals surface area contributed by atoms with Crippen molar-refractivity contribution in [3.63, 3.8) is 0 Å². The van der Waals surface area contributed by atoms with Gasteiger partial charge in [-0.2, -0.15) is 9.78 Å². The van der Waals surface area contributed by atoms with Crippen LogP contribution < -0.4 is 4.90 Å². The molecule has 118 valence electrons. The smallest absolute Gasteiger partial charge is 0.266 e. The van der Waals surface area contributed by atoms with E-state index >= 15 is 0 Å². The van der Waals surface area contributed by atoms with Crippen molar-refractivity contribution < 1.29 is 4.52 Å². The van der Waals surface area contributed by atoms with Gasteiger partial charge in [0.25, 0.3) is 11.8 Å². The van der Waals surface area contributed by atoms with E-state index in [0.717, 1.165) is 18.7 Å². The van der Waals surface area contributed by atoms with Gasteiger partial charge in [-0.3, -0.25) is 0 Å². The van der Waals surface area contributed by atoms with Gasteiger partial charge in [-0.1, -0.05) is 21.9 Å². The van der Waals surface area contributed by atoms with Crippen LogP contribution >= 0.6 is 11.6 Å². The lowest BCUT2D eigenvalue weighted by Gasteiger charge is -2.09. The topological polar surface area (TPSA) is 85.8 Å². The molecule has 3 aromatic rings. The molecular formula is C14H14ClN7O. The van der Waals surface area contributed by atoms with Gasteiger partial charge >= 0.3 is 0 Å². The summed E-state index contributed by atoms with van der Waals surface area (Å²) < 4.78 is 5.25. The minimum absolute atomic E-state index is 0.293. The molecule has 0 saturated carbocycles. The standard InChI is InChI=1S/C14H14ClN7O/c15-11-5-3-10(4-6-11)13-16-12(23-19-13)9-22-18-14(17-20-22)21-7-1-2-8-21/h3-6H,1-2,7-9H2. The molecule has 23 heavy (non-hydrogen) atoms. The van der Waals surface area contributed by atoms with Crippen LogP contribution in [0.5, 0.6) is 0 Å². The summed E-state index contributed by atoms with van der Waals surface area (Å²) in [6, 6.07) is 7.26. The molecule has 0 N–H and O–H groups in total. The van der Waals surface area contributed by atoms with Crippen molar-refractivity contribution in [2.75, 3.05) is 18.0 Å². The van der Waals surface area contributed by atoms with E-state index in [0.29, 0.717) is 29.2 Å². The summed E-state index contributed by atoms with van der Waals surface area (Å²) in [4.78, 5) is 7.94. The Kier molecular flexibility index (Phi) is 3.66. The Morgan fingerprint density at radius 3 is 2.70 bits per heavy atom. The first kappa shape index (κ1) is 14.1. The molecule has 2 aromatic heterocycles. The number of hydrogen-bond acceptors (Lipinski definition) is 7. The highest BCUT2D eigenvalue weighted by atomic mass is 35.5. The van der Waals surface area contributed by atoms with Crippen molar-refractivity contribution in [2.24, 2.45) is 0 Å². The Morgan fingerprint density at radius 2 is 1.91 bits per heavy atom. The predicted octanol–water partition coefficient (Wildman–Crippen LogP) is 2.02. The molecule has 1 aromatic carbocycles. The van der Waals surface area contributed by atoms with Crippen molar-refractivity contribution in [3.8, 4) is 11.4 Å². The van der Waals surface area contributed by atoms with E-state index in [-0.39, 0.29) is 0 Å². The molecule has 0 unspecified atom stereocenters. The lowest BCUT2D eigenvalue weighted by molar-refractivity contribution is 0.356. The number of anilines is 1. The van der Waals surface area contributed by atoms with Gasteiger partial charge in [0.05, 0.1) is 0 Å². The second-order valence-electron chi connectivity index (χ2n) is 5.33. The molecular weight excluding hydrogens is 318 g/mol. The monoisotopic (exact) mass is 331 g/mol. The van der Waals surface area contributed by atoms with E-state index < -0.39 is 0 Å². The molecule has 3 heterocycles. The number of hydrogen-bond donors (Lipinski definition) is 0. The van der Waals surface area contributed by atoms with E-state index in [1.807, 2.05) is 12.1 Å². The van der Waals surface area contributed by atoms with Crippen LogP contribution in [0.15, 0.2) is 28.8 Å². The average molecular weight is 332 g/mol. The zero-order valence-corrected chi connectivity index (χ0v) is 13.0. The predicted molar refractivity (Wildman–Crippen MR) is 83.1 cm³/mol. The van der Waals surface area contributed by atoms with Gasteiger partial charge < -0.3 is 9.42 Å². The second kappa shape index (κ2) is 5.96. The largest absolute Gasteiger partial charge is 0.338 e. The van der Waals surface area contributed by atoms with E-state index in [4.69, 9.17) is 16.1 Å². The maximum Gasteiger partial charge on any atom is 0.266 e. The molecule has 0 amide bonds. The van der Waals surface area contributed by atoms with Crippen LogP contribution in [0.25, 0.3) is 11.4 Å². The quantitative estimate of drug-likeness (QED) is 0.723.